The Morgan fingerprint density at radius 1 is 1.45 bits per heavy atom. The van der Waals surface area contributed by atoms with E-state index in [1.165, 1.54) is 15.4 Å². The molecule has 0 bridgehead atoms. The number of esters is 1. The summed E-state index contributed by atoms with van der Waals surface area (Å²) in [6.07, 6.45) is 3.02. The lowest BCUT2D eigenvalue weighted by Gasteiger charge is -2.22. The second-order valence-corrected chi connectivity index (χ2v) is 6.46. The fourth-order valence-corrected chi connectivity index (χ4v) is 2.16. The molecule has 0 aliphatic heterocycles. The summed E-state index contributed by atoms with van der Waals surface area (Å²) in [4.78, 5) is 24.4. The van der Waals surface area contributed by atoms with Crippen LogP contribution in [0.1, 0.15) is 33.7 Å². The Kier molecular flexibility index (Phi) is 3.73. The van der Waals surface area contributed by atoms with Crippen LogP contribution in [0.3, 0.4) is 0 Å². The molecule has 2 heterocycles. The van der Waals surface area contributed by atoms with Gasteiger partial charge in [-0.15, -0.1) is 0 Å². The summed E-state index contributed by atoms with van der Waals surface area (Å²) in [5.41, 5.74) is -0.483. The van der Waals surface area contributed by atoms with Crippen LogP contribution in [-0.2, 0) is 9.53 Å². The third kappa shape index (κ3) is 2.92. The maximum absolute atomic E-state index is 12.3. The molecule has 1 atom stereocenters. The van der Waals surface area contributed by atoms with Crippen LogP contribution in [0, 0.1) is 0 Å². The van der Waals surface area contributed by atoms with Crippen LogP contribution in [0.4, 0.5) is 0 Å². The Morgan fingerprint density at radius 2 is 2.10 bits per heavy atom. The van der Waals surface area contributed by atoms with Gasteiger partial charge in [-0.3, -0.25) is 9.36 Å². The van der Waals surface area contributed by atoms with Crippen molar-refractivity contribution in [2.75, 3.05) is 0 Å². The fraction of sp³-hybridized carbons (Fsp3) is 0.462. The molecule has 20 heavy (non-hydrogen) atoms. The van der Waals surface area contributed by atoms with E-state index in [1.807, 2.05) is 0 Å². The highest BCUT2D eigenvalue weighted by atomic mass is 79.9. The van der Waals surface area contributed by atoms with Gasteiger partial charge >= 0.3 is 5.97 Å². The predicted octanol–water partition coefficient (Wildman–Crippen LogP) is 2.16. The van der Waals surface area contributed by atoms with E-state index in [9.17, 15) is 9.59 Å². The molecule has 2 rings (SSSR count). The van der Waals surface area contributed by atoms with Gasteiger partial charge in [0, 0.05) is 10.7 Å². The van der Waals surface area contributed by atoms with E-state index in [4.69, 9.17) is 4.74 Å². The second-order valence-electron chi connectivity index (χ2n) is 5.54. The van der Waals surface area contributed by atoms with E-state index in [0.717, 1.165) is 4.47 Å². The summed E-state index contributed by atoms with van der Waals surface area (Å²) in [6.45, 7) is 6.97. The third-order valence-electron chi connectivity index (χ3n) is 2.69. The zero-order valence-electron chi connectivity index (χ0n) is 11.8. The summed E-state index contributed by atoms with van der Waals surface area (Å²) in [5.74, 6) is -0.462. The summed E-state index contributed by atoms with van der Waals surface area (Å²) >= 11 is 3.29. The predicted molar refractivity (Wildman–Crippen MR) is 77.7 cm³/mol. The highest BCUT2D eigenvalue weighted by Gasteiger charge is 2.24. The first-order valence-corrected chi connectivity index (χ1v) is 6.96. The molecule has 7 heteroatoms. The van der Waals surface area contributed by atoms with Gasteiger partial charge in [0.25, 0.3) is 5.56 Å². The van der Waals surface area contributed by atoms with Crippen LogP contribution in [0.2, 0.25) is 0 Å². The Hall–Kier alpha value is -1.63. The van der Waals surface area contributed by atoms with Crippen LogP contribution in [0.15, 0.2) is 27.9 Å². The Labute approximate surface area is 124 Å². The van der Waals surface area contributed by atoms with Gasteiger partial charge in [0.1, 0.15) is 23.5 Å². The summed E-state index contributed by atoms with van der Waals surface area (Å²) in [7, 11) is 0. The number of hydrogen-bond donors (Lipinski definition) is 0. The number of rotatable bonds is 2. The molecule has 0 saturated carbocycles. The van der Waals surface area contributed by atoms with Crippen LogP contribution in [-0.4, -0.2) is 25.8 Å². The van der Waals surface area contributed by atoms with E-state index >= 15 is 0 Å². The van der Waals surface area contributed by atoms with Crippen molar-refractivity contribution in [3.63, 3.8) is 0 Å². The van der Waals surface area contributed by atoms with E-state index in [0.29, 0.717) is 5.52 Å². The molecule has 0 aliphatic carbocycles. The number of carbonyl (C=O) groups excluding carboxylic acids is 1. The standard InChI is InChI=1S/C13H16BrN3O3/c1-8(12(19)20-13(2,3)4)16-7-15-17-6-9(14)5-10(17)11(16)18/h5-8H,1-4H3/t8-/m1/s1. The SMILES string of the molecule is C[C@H](C(=O)OC(C)(C)C)n1cnn2cc(Br)cc2c1=O. The minimum absolute atomic E-state index is 0.288. The van der Waals surface area contributed by atoms with Crippen molar-refractivity contribution in [1.29, 1.82) is 0 Å². The average molecular weight is 342 g/mol. The number of carbonyl (C=O) groups is 1. The highest BCUT2D eigenvalue weighted by molar-refractivity contribution is 9.10. The number of halogens is 1. The van der Waals surface area contributed by atoms with Gasteiger partial charge in [0.05, 0.1) is 0 Å². The molecule has 0 amide bonds. The molecule has 0 aromatic carbocycles. The number of ether oxygens (including phenoxy) is 1. The molecule has 6 nitrogen and oxygen atoms in total. The van der Waals surface area contributed by atoms with Crippen molar-refractivity contribution in [2.24, 2.45) is 0 Å². The maximum Gasteiger partial charge on any atom is 0.329 e. The van der Waals surface area contributed by atoms with Crippen molar-refractivity contribution in [3.05, 3.63) is 33.4 Å². The van der Waals surface area contributed by atoms with Crippen molar-refractivity contribution in [3.8, 4) is 0 Å². The molecule has 0 saturated heterocycles. The van der Waals surface area contributed by atoms with E-state index in [2.05, 4.69) is 21.0 Å². The van der Waals surface area contributed by atoms with Crippen LogP contribution in [0.5, 0.6) is 0 Å². The van der Waals surface area contributed by atoms with Gasteiger partial charge in [-0.2, -0.15) is 5.10 Å². The molecular weight excluding hydrogens is 326 g/mol. The zero-order valence-corrected chi connectivity index (χ0v) is 13.3. The Bertz CT molecular complexity index is 712. The lowest BCUT2D eigenvalue weighted by molar-refractivity contribution is -0.158. The summed E-state index contributed by atoms with van der Waals surface area (Å²) in [5, 5.41) is 4.10. The van der Waals surface area contributed by atoms with Crippen LogP contribution < -0.4 is 5.56 Å². The second kappa shape index (κ2) is 5.05. The molecule has 108 valence electrons. The number of nitrogens with zero attached hydrogens (tertiary/aromatic N) is 3. The smallest absolute Gasteiger partial charge is 0.329 e. The van der Waals surface area contributed by atoms with Gasteiger partial charge in [0.15, 0.2) is 0 Å². The lowest BCUT2D eigenvalue weighted by atomic mass is 10.2. The molecule has 0 fully saturated rings. The van der Waals surface area contributed by atoms with E-state index < -0.39 is 17.6 Å². The summed E-state index contributed by atoms with van der Waals surface area (Å²) < 4.78 is 8.77. The molecule has 0 spiro atoms. The van der Waals surface area contributed by atoms with Gasteiger partial charge in [-0.1, -0.05) is 0 Å². The van der Waals surface area contributed by atoms with E-state index in [-0.39, 0.29) is 5.56 Å². The summed E-state index contributed by atoms with van der Waals surface area (Å²) in [6, 6.07) is 0.932. The van der Waals surface area contributed by atoms with Gasteiger partial charge < -0.3 is 4.74 Å². The lowest BCUT2D eigenvalue weighted by Crippen LogP contribution is -2.34. The van der Waals surface area contributed by atoms with Crippen LogP contribution >= 0.6 is 15.9 Å². The molecule has 0 N–H and O–H groups in total. The van der Waals surface area contributed by atoms with Crippen molar-refractivity contribution < 1.29 is 9.53 Å². The zero-order chi connectivity index (χ0) is 15.1. The first-order valence-electron chi connectivity index (χ1n) is 6.17. The van der Waals surface area contributed by atoms with Crippen molar-refractivity contribution in [2.45, 2.75) is 39.3 Å². The average Bonchev–Trinajstić information content (AvgIpc) is 2.68. The molecule has 2 aromatic rings. The number of aromatic nitrogens is 3. The minimum atomic E-state index is -0.729. The van der Waals surface area contributed by atoms with Gasteiger partial charge in [0.2, 0.25) is 0 Å². The van der Waals surface area contributed by atoms with Crippen molar-refractivity contribution in [1.82, 2.24) is 14.2 Å². The highest BCUT2D eigenvalue weighted by Crippen LogP contribution is 2.15. The molecule has 0 radical (unpaired) electrons. The minimum Gasteiger partial charge on any atom is -0.458 e. The maximum atomic E-state index is 12.3. The molecule has 0 aliphatic rings. The van der Waals surface area contributed by atoms with Crippen LogP contribution in [0.25, 0.3) is 5.52 Å². The normalized spacial score (nSPS) is 13.4. The molecule has 0 unspecified atom stereocenters. The monoisotopic (exact) mass is 341 g/mol. The molecular formula is C13H16BrN3O3. The Morgan fingerprint density at radius 3 is 2.70 bits per heavy atom. The fourth-order valence-electron chi connectivity index (χ4n) is 1.75. The number of hydrogen-bond acceptors (Lipinski definition) is 4. The first-order chi connectivity index (χ1) is 9.19. The largest absolute Gasteiger partial charge is 0.458 e. The molecule has 2 aromatic heterocycles. The van der Waals surface area contributed by atoms with Crippen molar-refractivity contribution >= 4 is 27.4 Å². The topological polar surface area (TPSA) is 65.6 Å². The number of fused-ring (bicyclic) bond motifs is 1. The van der Waals surface area contributed by atoms with Gasteiger partial charge in [-0.05, 0) is 49.7 Å². The third-order valence-corrected chi connectivity index (χ3v) is 3.12. The Balaban J connectivity index is 2.40. The first kappa shape index (κ1) is 14.8. The van der Waals surface area contributed by atoms with E-state index in [1.54, 1.807) is 40.0 Å². The van der Waals surface area contributed by atoms with Gasteiger partial charge in [-0.25, -0.2) is 9.31 Å². The quantitative estimate of drug-likeness (QED) is 0.785.